The summed E-state index contributed by atoms with van der Waals surface area (Å²) in [7, 11) is 0. The molecule has 2 fully saturated rings. The number of halogens is 2. The van der Waals surface area contributed by atoms with Crippen LogP contribution in [0.25, 0.3) is 0 Å². The second-order valence-electron chi connectivity index (χ2n) is 9.57. The highest BCUT2D eigenvalue weighted by Crippen LogP contribution is 2.40. The monoisotopic (exact) mass is 461 g/mol. The number of hydrogen-bond acceptors (Lipinski definition) is 5. The Morgan fingerprint density at radius 3 is 2.42 bits per heavy atom. The van der Waals surface area contributed by atoms with Crippen molar-refractivity contribution in [2.45, 2.75) is 72.3 Å². The van der Waals surface area contributed by atoms with E-state index in [9.17, 15) is 13.6 Å². The van der Waals surface area contributed by atoms with Gasteiger partial charge in [-0.05, 0) is 38.0 Å². The van der Waals surface area contributed by atoms with E-state index in [4.69, 9.17) is 9.15 Å². The lowest BCUT2D eigenvalue weighted by atomic mass is 9.75. The molecule has 0 bridgehead atoms. The topological polar surface area (TPSA) is 67.6 Å². The van der Waals surface area contributed by atoms with E-state index in [2.05, 4.69) is 31.1 Å². The number of amides is 1. The summed E-state index contributed by atoms with van der Waals surface area (Å²) in [6.07, 6.45) is 4.98. The Morgan fingerprint density at radius 1 is 1.21 bits per heavy atom. The molecular formula is C25H33F2N3O3. The molecule has 0 radical (unpaired) electrons. The number of nitrogens with zero attached hydrogens (tertiary/aromatic N) is 2. The first-order valence-corrected chi connectivity index (χ1v) is 12.0. The number of benzene rings is 1. The Labute approximate surface area is 193 Å². The first-order valence-electron chi connectivity index (χ1n) is 12.0. The van der Waals surface area contributed by atoms with E-state index in [1.807, 2.05) is 11.8 Å². The SMILES string of the molecule is CCc1oc(N2CC(CC)(CC)C2)nc1C(=O)Nc1cc(F)c(OC2CCC(C)C2)c(F)c1. The zero-order chi connectivity index (χ0) is 23.8. The first-order chi connectivity index (χ1) is 15.8. The summed E-state index contributed by atoms with van der Waals surface area (Å²) >= 11 is 0. The lowest BCUT2D eigenvalue weighted by molar-refractivity contribution is 0.102. The maximum Gasteiger partial charge on any atom is 0.298 e. The minimum absolute atomic E-state index is 0.00803. The van der Waals surface area contributed by atoms with Crippen LogP contribution >= 0.6 is 0 Å². The number of carbonyl (C=O) groups excluding carboxylic acids is 1. The van der Waals surface area contributed by atoms with Crippen LogP contribution in [0.2, 0.25) is 0 Å². The van der Waals surface area contributed by atoms with Gasteiger partial charge in [-0.3, -0.25) is 4.79 Å². The van der Waals surface area contributed by atoms with Gasteiger partial charge in [0.15, 0.2) is 23.1 Å². The summed E-state index contributed by atoms with van der Waals surface area (Å²) in [5, 5.41) is 2.55. The standard InChI is InChI=1S/C25H33F2N3O3/c1-5-20-21(29-24(33-20)30-13-25(6-2,7-3)14-30)23(31)28-16-11-18(26)22(19(27)12-16)32-17-9-8-15(4)10-17/h11-12,15,17H,5-10,13-14H2,1-4H3,(H,28,31). The highest BCUT2D eigenvalue weighted by atomic mass is 19.1. The van der Waals surface area contributed by atoms with Gasteiger partial charge in [0.2, 0.25) is 0 Å². The van der Waals surface area contributed by atoms with Crippen LogP contribution in [0.3, 0.4) is 0 Å². The van der Waals surface area contributed by atoms with Crippen molar-refractivity contribution in [3.8, 4) is 5.75 Å². The number of aromatic nitrogens is 1. The predicted octanol–water partition coefficient (Wildman–Crippen LogP) is 5.96. The van der Waals surface area contributed by atoms with Crippen molar-refractivity contribution in [1.29, 1.82) is 0 Å². The largest absolute Gasteiger partial charge is 0.484 e. The molecule has 1 aromatic heterocycles. The second-order valence-corrected chi connectivity index (χ2v) is 9.57. The molecule has 180 valence electrons. The van der Waals surface area contributed by atoms with Crippen LogP contribution in [0.15, 0.2) is 16.5 Å². The van der Waals surface area contributed by atoms with Crippen molar-refractivity contribution in [2.24, 2.45) is 11.3 Å². The Morgan fingerprint density at radius 2 is 1.88 bits per heavy atom. The highest BCUT2D eigenvalue weighted by molar-refractivity contribution is 6.03. The third-order valence-electron chi connectivity index (χ3n) is 7.23. The number of aryl methyl sites for hydroxylation is 1. The molecule has 6 nitrogen and oxygen atoms in total. The molecule has 2 aromatic rings. The molecule has 1 amide bonds. The molecule has 33 heavy (non-hydrogen) atoms. The summed E-state index contributed by atoms with van der Waals surface area (Å²) in [6.45, 7) is 9.99. The Kier molecular flexibility index (Phi) is 6.64. The highest BCUT2D eigenvalue weighted by Gasteiger charge is 2.42. The molecule has 1 N–H and O–H groups in total. The lowest BCUT2D eigenvalue weighted by Gasteiger charge is -2.48. The smallest absolute Gasteiger partial charge is 0.298 e. The van der Waals surface area contributed by atoms with Gasteiger partial charge in [-0.1, -0.05) is 27.7 Å². The van der Waals surface area contributed by atoms with Crippen molar-refractivity contribution < 1.29 is 22.7 Å². The quantitative estimate of drug-likeness (QED) is 0.525. The van der Waals surface area contributed by atoms with Crippen LogP contribution in [0.1, 0.15) is 76.0 Å². The average molecular weight is 462 g/mol. The third kappa shape index (κ3) is 4.70. The van der Waals surface area contributed by atoms with E-state index in [-0.39, 0.29) is 22.9 Å². The van der Waals surface area contributed by atoms with Gasteiger partial charge in [0.1, 0.15) is 5.76 Å². The fourth-order valence-corrected chi connectivity index (χ4v) is 4.85. The maximum absolute atomic E-state index is 14.6. The maximum atomic E-state index is 14.6. The molecule has 0 spiro atoms. The average Bonchev–Trinajstić information content (AvgIpc) is 3.37. The van der Waals surface area contributed by atoms with Gasteiger partial charge < -0.3 is 19.4 Å². The van der Waals surface area contributed by atoms with Gasteiger partial charge in [0, 0.05) is 42.7 Å². The predicted molar refractivity (Wildman–Crippen MR) is 123 cm³/mol. The van der Waals surface area contributed by atoms with E-state index in [1.165, 1.54) is 0 Å². The summed E-state index contributed by atoms with van der Waals surface area (Å²) in [5.41, 5.74) is 0.409. The van der Waals surface area contributed by atoms with Crippen LogP contribution in [0.4, 0.5) is 20.5 Å². The lowest BCUT2D eigenvalue weighted by Crippen LogP contribution is -2.56. The van der Waals surface area contributed by atoms with Crippen LogP contribution in [0, 0.1) is 23.0 Å². The van der Waals surface area contributed by atoms with Crippen molar-refractivity contribution >= 4 is 17.6 Å². The molecule has 8 heteroatoms. The van der Waals surface area contributed by atoms with Gasteiger partial charge in [-0.2, -0.15) is 4.98 Å². The van der Waals surface area contributed by atoms with Crippen LogP contribution in [0.5, 0.6) is 5.75 Å². The minimum atomic E-state index is -0.836. The molecule has 2 unspecified atom stereocenters. The van der Waals surface area contributed by atoms with Crippen molar-refractivity contribution in [3.05, 3.63) is 35.2 Å². The molecular weight excluding hydrogens is 428 g/mol. The van der Waals surface area contributed by atoms with E-state index in [0.717, 1.165) is 57.3 Å². The van der Waals surface area contributed by atoms with E-state index in [1.54, 1.807) is 0 Å². The van der Waals surface area contributed by atoms with Gasteiger partial charge >= 0.3 is 0 Å². The van der Waals surface area contributed by atoms with Gasteiger partial charge in [0.25, 0.3) is 11.9 Å². The number of nitrogens with one attached hydrogen (secondary N) is 1. The number of anilines is 2. The molecule has 4 rings (SSSR count). The van der Waals surface area contributed by atoms with Gasteiger partial charge in [0.05, 0.1) is 6.10 Å². The fourth-order valence-electron chi connectivity index (χ4n) is 4.85. The summed E-state index contributed by atoms with van der Waals surface area (Å²) < 4.78 is 40.6. The first kappa shape index (κ1) is 23.5. The van der Waals surface area contributed by atoms with Crippen molar-refractivity contribution in [1.82, 2.24) is 4.98 Å². The second kappa shape index (κ2) is 9.31. The molecule has 2 atom stereocenters. The molecule has 2 heterocycles. The number of oxazole rings is 1. The number of carbonyl (C=O) groups is 1. The summed E-state index contributed by atoms with van der Waals surface area (Å²) in [4.78, 5) is 19.3. The molecule has 1 aliphatic carbocycles. The number of rotatable bonds is 8. The van der Waals surface area contributed by atoms with Crippen LogP contribution in [-0.4, -0.2) is 30.1 Å². The Bertz CT molecular complexity index is 987. The van der Waals surface area contributed by atoms with Crippen LogP contribution < -0.4 is 15.0 Å². The van der Waals surface area contributed by atoms with E-state index < -0.39 is 23.3 Å². The molecule has 1 aromatic carbocycles. The van der Waals surface area contributed by atoms with E-state index >= 15 is 0 Å². The zero-order valence-electron chi connectivity index (χ0n) is 19.8. The van der Waals surface area contributed by atoms with Crippen LogP contribution in [-0.2, 0) is 6.42 Å². The van der Waals surface area contributed by atoms with Crippen molar-refractivity contribution in [3.63, 3.8) is 0 Å². The van der Waals surface area contributed by atoms with Gasteiger partial charge in [-0.15, -0.1) is 0 Å². The summed E-state index contributed by atoms with van der Waals surface area (Å²) in [5.74, 6) is -1.69. The van der Waals surface area contributed by atoms with E-state index in [0.29, 0.717) is 24.1 Å². The Balaban J connectivity index is 1.46. The zero-order valence-corrected chi connectivity index (χ0v) is 19.8. The van der Waals surface area contributed by atoms with Gasteiger partial charge in [-0.25, -0.2) is 8.78 Å². The summed E-state index contributed by atoms with van der Waals surface area (Å²) in [6, 6.07) is 2.57. The molecule has 2 aliphatic rings. The van der Waals surface area contributed by atoms with Crippen molar-refractivity contribution in [2.75, 3.05) is 23.3 Å². The molecule has 1 aliphatic heterocycles. The normalized spacial score (nSPS) is 21.7. The Hall–Kier alpha value is -2.64. The fraction of sp³-hybridized carbons (Fsp3) is 0.600. The molecule has 1 saturated carbocycles. The third-order valence-corrected chi connectivity index (χ3v) is 7.23. The minimum Gasteiger partial charge on any atom is -0.484 e. The number of ether oxygens (including phenoxy) is 1. The number of hydrogen-bond donors (Lipinski definition) is 1. The molecule has 1 saturated heterocycles.